The van der Waals surface area contributed by atoms with E-state index in [0.29, 0.717) is 36.2 Å². The van der Waals surface area contributed by atoms with E-state index >= 15 is 0 Å². The number of hydrogen-bond donors (Lipinski definition) is 0. The lowest BCUT2D eigenvalue weighted by Crippen LogP contribution is -2.13. The van der Waals surface area contributed by atoms with Crippen LogP contribution in [0, 0.1) is 0 Å². The van der Waals surface area contributed by atoms with Gasteiger partial charge in [0, 0.05) is 16.5 Å². The second kappa shape index (κ2) is 10.8. The first kappa shape index (κ1) is 23.2. The van der Waals surface area contributed by atoms with Crippen LogP contribution in [-0.4, -0.2) is 35.1 Å². The Kier molecular flexibility index (Phi) is 7.34. The number of aromatic nitrogens is 2. The van der Waals surface area contributed by atoms with Crippen molar-refractivity contribution < 1.29 is 28.3 Å². The Labute approximate surface area is 200 Å². The number of rotatable bonds is 10. The van der Waals surface area contributed by atoms with E-state index in [-0.39, 0.29) is 29.3 Å². The van der Waals surface area contributed by atoms with Gasteiger partial charge in [0.05, 0.1) is 24.3 Å². The zero-order valence-electron chi connectivity index (χ0n) is 18.6. The molecule has 34 heavy (non-hydrogen) atoms. The number of carbonyl (C=O) groups excluding carboxylic acids is 2. The molecular formula is C25H22N2O6S. The predicted molar refractivity (Wildman–Crippen MR) is 125 cm³/mol. The molecule has 174 valence electrons. The molecule has 2 heterocycles. The molecule has 2 aromatic carbocycles. The van der Waals surface area contributed by atoms with Crippen LogP contribution in [0.5, 0.6) is 11.5 Å². The smallest absolute Gasteiger partial charge is 0.339 e. The van der Waals surface area contributed by atoms with Gasteiger partial charge in [-0.15, -0.1) is 0 Å². The standard InChI is InChI=1S/C25H22N2O6S/c1-3-30-20-10-9-16(13-21(20)31-4-2)23(28)18-7-5-6-8-19(18)25(29)32-14-22-26-24(33-27-22)17-11-12-34-15-17/h5-13,15H,3-4,14H2,1-2H3. The van der Waals surface area contributed by atoms with Crippen LogP contribution in [-0.2, 0) is 11.3 Å². The highest BCUT2D eigenvalue weighted by molar-refractivity contribution is 7.08. The SMILES string of the molecule is CCOc1ccc(C(=O)c2ccccc2C(=O)OCc2noc(-c3ccsc3)n2)cc1OCC. The topological polar surface area (TPSA) is 101 Å². The average molecular weight is 479 g/mol. The molecule has 2 aromatic heterocycles. The van der Waals surface area contributed by atoms with Crippen LogP contribution in [0.3, 0.4) is 0 Å². The van der Waals surface area contributed by atoms with Gasteiger partial charge < -0.3 is 18.7 Å². The Balaban J connectivity index is 1.51. The van der Waals surface area contributed by atoms with Gasteiger partial charge in [-0.3, -0.25) is 4.79 Å². The molecular weight excluding hydrogens is 456 g/mol. The molecule has 9 heteroatoms. The summed E-state index contributed by atoms with van der Waals surface area (Å²) in [6, 6.07) is 13.3. The van der Waals surface area contributed by atoms with Crippen molar-refractivity contribution in [1.29, 1.82) is 0 Å². The number of ketones is 1. The maximum Gasteiger partial charge on any atom is 0.339 e. The van der Waals surface area contributed by atoms with Gasteiger partial charge in [-0.2, -0.15) is 16.3 Å². The van der Waals surface area contributed by atoms with Crippen molar-refractivity contribution in [3.63, 3.8) is 0 Å². The minimum atomic E-state index is -0.665. The Morgan fingerprint density at radius 3 is 2.47 bits per heavy atom. The van der Waals surface area contributed by atoms with E-state index in [1.165, 1.54) is 11.3 Å². The fourth-order valence-electron chi connectivity index (χ4n) is 3.23. The molecule has 0 saturated carbocycles. The molecule has 4 rings (SSSR count). The molecule has 8 nitrogen and oxygen atoms in total. The number of benzene rings is 2. The summed E-state index contributed by atoms with van der Waals surface area (Å²) in [5.74, 6) is 0.594. The van der Waals surface area contributed by atoms with Crippen LogP contribution in [0.25, 0.3) is 11.5 Å². The second-order valence-electron chi connectivity index (χ2n) is 7.01. The molecule has 0 aliphatic heterocycles. The Morgan fingerprint density at radius 1 is 0.971 bits per heavy atom. The quantitative estimate of drug-likeness (QED) is 0.227. The molecule has 0 spiro atoms. The van der Waals surface area contributed by atoms with E-state index in [9.17, 15) is 9.59 Å². The molecule has 0 amide bonds. The van der Waals surface area contributed by atoms with Crippen LogP contribution in [0.4, 0.5) is 0 Å². The van der Waals surface area contributed by atoms with Crippen molar-refractivity contribution in [2.45, 2.75) is 20.5 Å². The van der Waals surface area contributed by atoms with Gasteiger partial charge in [0.1, 0.15) is 0 Å². The fourth-order valence-corrected chi connectivity index (χ4v) is 3.86. The first-order chi connectivity index (χ1) is 16.6. The summed E-state index contributed by atoms with van der Waals surface area (Å²) in [5, 5.41) is 7.62. The third-order valence-electron chi connectivity index (χ3n) is 4.77. The van der Waals surface area contributed by atoms with Gasteiger partial charge in [-0.05, 0) is 49.6 Å². The van der Waals surface area contributed by atoms with Crippen LogP contribution in [0.1, 0.15) is 46.0 Å². The van der Waals surface area contributed by atoms with Gasteiger partial charge in [0.15, 0.2) is 23.9 Å². The third-order valence-corrected chi connectivity index (χ3v) is 5.45. The normalized spacial score (nSPS) is 10.6. The largest absolute Gasteiger partial charge is 0.490 e. The fraction of sp³-hybridized carbons (Fsp3) is 0.200. The summed E-state index contributed by atoms with van der Waals surface area (Å²) in [7, 11) is 0. The van der Waals surface area contributed by atoms with E-state index in [2.05, 4.69) is 10.1 Å². The van der Waals surface area contributed by atoms with E-state index in [1.807, 2.05) is 30.7 Å². The molecule has 0 bridgehead atoms. The summed E-state index contributed by atoms with van der Waals surface area (Å²) in [4.78, 5) is 30.3. The zero-order valence-corrected chi connectivity index (χ0v) is 19.5. The Hall–Kier alpha value is -3.98. The summed E-state index contributed by atoms with van der Waals surface area (Å²) in [6.07, 6.45) is 0. The maximum atomic E-state index is 13.3. The molecule has 0 saturated heterocycles. The molecule has 4 aromatic rings. The van der Waals surface area contributed by atoms with Crippen LogP contribution in [0.2, 0.25) is 0 Å². The van der Waals surface area contributed by atoms with E-state index in [1.54, 1.807) is 42.5 Å². The minimum Gasteiger partial charge on any atom is -0.490 e. The monoisotopic (exact) mass is 478 g/mol. The number of hydrogen-bond acceptors (Lipinski definition) is 9. The summed E-state index contributed by atoms with van der Waals surface area (Å²) < 4.78 is 21.8. The van der Waals surface area contributed by atoms with E-state index in [4.69, 9.17) is 18.7 Å². The van der Waals surface area contributed by atoms with Gasteiger partial charge in [-0.25, -0.2) is 4.79 Å². The van der Waals surface area contributed by atoms with E-state index in [0.717, 1.165) is 5.56 Å². The molecule has 0 aliphatic carbocycles. The lowest BCUT2D eigenvalue weighted by Gasteiger charge is -2.13. The second-order valence-corrected chi connectivity index (χ2v) is 7.79. The van der Waals surface area contributed by atoms with E-state index < -0.39 is 5.97 Å². The highest BCUT2D eigenvalue weighted by Gasteiger charge is 2.21. The molecule has 0 fully saturated rings. The molecule has 0 N–H and O–H groups in total. The van der Waals surface area contributed by atoms with Gasteiger partial charge in [0.25, 0.3) is 5.89 Å². The summed E-state index contributed by atoms with van der Waals surface area (Å²) >= 11 is 1.51. The molecule has 0 aliphatic rings. The first-order valence-electron chi connectivity index (χ1n) is 10.7. The van der Waals surface area contributed by atoms with Crippen molar-refractivity contribution in [1.82, 2.24) is 10.1 Å². The number of ether oxygens (including phenoxy) is 3. The number of thiophene rings is 1. The lowest BCUT2D eigenvalue weighted by molar-refractivity contribution is 0.0457. The highest BCUT2D eigenvalue weighted by atomic mass is 32.1. The van der Waals surface area contributed by atoms with Crippen molar-refractivity contribution in [2.75, 3.05) is 13.2 Å². The first-order valence-corrected chi connectivity index (χ1v) is 11.6. The van der Waals surface area contributed by atoms with Crippen molar-refractivity contribution >= 4 is 23.1 Å². The van der Waals surface area contributed by atoms with Crippen molar-refractivity contribution in [3.05, 3.63) is 81.8 Å². The van der Waals surface area contributed by atoms with Crippen LogP contribution >= 0.6 is 11.3 Å². The van der Waals surface area contributed by atoms with Crippen molar-refractivity contribution in [2.24, 2.45) is 0 Å². The molecule has 0 atom stereocenters. The minimum absolute atomic E-state index is 0.140. The van der Waals surface area contributed by atoms with Crippen molar-refractivity contribution in [3.8, 4) is 23.0 Å². The molecule has 0 unspecified atom stereocenters. The van der Waals surface area contributed by atoms with Crippen LogP contribution in [0.15, 0.2) is 63.8 Å². The zero-order chi connectivity index (χ0) is 23.9. The Bertz CT molecular complexity index is 1280. The lowest BCUT2D eigenvalue weighted by atomic mass is 9.98. The average Bonchev–Trinajstić information content (AvgIpc) is 3.56. The summed E-state index contributed by atoms with van der Waals surface area (Å²) in [5.41, 5.74) is 1.52. The Morgan fingerprint density at radius 2 is 1.74 bits per heavy atom. The van der Waals surface area contributed by atoms with Gasteiger partial charge in [0.2, 0.25) is 5.82 Å². The highest BCUT2D eigenvalue weighted by Crippen LogP contribution is 2.30. The number of carbonyl (C=O) groups is 2. The molecule has 0 radical (unpaired) electrons. The summed E-state index contributed by atoms with van der Waals surface area (Å²) in [6.45, 7) is 4.42. The third kappa shape index (κ3) is 5.15. The van der Waals surface area contributed by atoms with Gasteiger partial charge in [-0.1, -0.05) is 23.4 Å². The maximum absolute atomic E-state index is 13.3. The predicted octanol–water partition coefficient (Wildman–Crippen LogP) is 5.18. The number of nitrogens with zero attached hydrogens (tertiary/aromatic N) is 2. The van der Waals surface area contributed by atoms with Gasteiger partial charge >= 0.3 is 5.97 Å². The van der Waals surface area contributed by atoms with Crippen LogP contribution < -0.4 is 9.47 Å². The number of esters is 1.